The summed E-state index contributed by atoms with van der Waals surface area (Å²) < 4.78 is 0. The lowest BCUT2D eigenvalue weighted by molar-refractivity contribution is 0.211. The topological polar surface area (TPSA) is 69.3 Å². The van der Waals surface area contributed by atoms with E-state index in [4.69, 9.17) is 0 Å². The number of hydrogen-bond acceptors (Lipinski definition) is 6. The van der Waals surface area contributed by atoms with E-state index >= 15 is 0 Å². The second-order valence-corrected chi connectivity index (χ2v) is 7.15. The molecule has 3 aliphatic rings. The van der Waals surface area contributed by atoms with Crippen molar-refractivity contribution in [3.8, 4) is 12.1 Å². The zero-order valence-electron chi connectivity index (χ0n) is 14.7. The first kappa shape index (κ1) is 17.1. The Bertz CT molecular complexity index is 535. The number of allylic oxidation sites excluding steroid dienone is 1. The van der Waals surface area contributed by atoms with Crippen molar-refractivity contribution in [3.63, 3.8) is 0 Å². The van der Waals surface area contributed by atoms with Gasteiger partial charge in [0, 0.05) is 31.7 Å². The first-order valence-corrected chi connectivity index (χ1v) is 9.21. The Balaban J connectivity index is 1.72. The minimum absolute atomic E-state index is 0.283. The van der Waals surface area contributed by atoms with Gasteiger partial charge in [-0.3, -0.25) is 0 Å². The molecule has 3 heterocycles. The van der Waals surface area contributed by atoms with Crippen molar-refractivity contribution >= 4 is 0 Å². The van der Waals surface area contributed by atoms with Crippen molar-refractivity contribution < 1.29 is 0 Å². The maximum atomic E-state index is 9.44. The van der Waals surface area contributed by atoms with Crippen molar-refractivity contribution in [2.75, 3.05) is 46.3 Å². The number of nitriles is 2. The van der Waals surface area contributed by atoms with Crippen LogP contribution in [-0.4, -0.2) is 73.1 Å². The summed E-state index contributed by atoms with van der Waals surface area (Å²) in [5.74, 6) is 0.896. The molecule has 0 aromatic rings. The zero-order valence-corrected chi connectivity index (χ0v) is 14.7. The summed E-state index contributed by atoms with van der Waals surface area (Å²) in [4.78, 5) is 7.07. The van der Waals surface area contributed by atoms with Crippen LogP contribution in [0.15, 0.2) is 11.4 Å². The first-order valence-electron chi connectivity index (χ1n) is 9.21. The Morgan fingerprint density at radius 2 is 1.88 bits per heavy atom. The van der Waals surface area contributed by atoms with E-state index in [1.807, 2.05) is 0 Å². The summed E-state index contributed by atoms with van der Waals surface area (Å²) >= 11 is 0. The van der Waals surface area contributed by atoms with Gasteiger partial charge in [0.15, 0.2) is 5.57 Å². The molecule has 0 aromatic heterocycles. The molecule has 1 atom stereocenters. The fraction of sp³-hybridized carbons (Fsp3) is 0.778. The Hall–Kier alpha value is -1.76. The number of piperidine rings is 1. The van der Waals surface area contributed by atoms with Crippen LogP contribution in [0, 0.1) is 22.7 Å². The summed E-state index contributed by atoms with van der Waals surface area (Å²) in [6, 6.07) is 5.38. The molecule has 24 heavy (non-hydrogen) atoms. The normalized spacial score (nSPS) is 25.8. The number of likely N-dealkylation sites (tertiary alicyclic amines) is 1. The fourth-order valence-corrected chi connectivity index (χ4v) is 4.39. The van der Waals surface area contributed by atoms with Crippen LogP contribution in [-0.2, 0) is 0 Å². The van der Waals surface area contributed by atoms with E-state index in [-0.39, 0.29) is 5.57 Å². The lowest BCUT2D eigenvalue weighted by Gasteiger charge is -2.35. The molecule has 6 heteroatoms. The molecule has 0 spiro atoms. The standard InChI is InChI=1S/C18H28N6/c1-22-9-2-3-16(22)6-10-23-11-12-24(17-4-7-21-8-5-17)18(23)15(13-19)14-20/h16-17,21H,2-12H2,1H3. The number of nitrogens with one attached hydrogen (secondary N) is 1. The van der Waals surface area contributed by atoms with E-state index in [0.717, 1.165) is 57.8 Å². The third-order valence-electron chi connectivity index (χ3n) is 5.78. The summed E-state index contributed by atoms with van der Waals surface area (Å²) in [6.07, 6.45) is 5.85. The summed E-state index contributed by atoms with van der Waals surface area (Å²) in [5, 5.41) is 22.3. The van der Waals surface area contributed by atoms with E-state index in [0.29, 0.717) is 12.1 Å². The van der Waals surface area contributed by atoms with Crippen LogP contribution in [0.2, 0.25) is 0 Å². The highest BCUT2D eigenvalue weighted by Crippen LogP contribution is 2.29. The van der Waals surface area contributed by atoms with Crippen LogP contribution < -0.4 is 5.32 Å². The monoisotopic (exact) mass is 328 g/mol. The Morgan fingerprint density at radius 1 is 1.12 bits per heavy atom. The van der Waals surface area contributed by atoms with Gasteiger partial charge in [-0.05, 0) is 58.8 Å². The minimum atomic E-state index is 0.283. The minimum Gasteiger partial charge on any atom is -0.355 e. The molecule has 0 aliphatic carbocycles. The SMILES string of the molecule is CN1CCCC1CCN1CCN(C2CCNCC2)C1=C(C#N)C#N. The van der Waals surface area contributed by atoms with Crippen LogP contribution in [0.4, 0.5) is 0 Å². The lowest BCUT2D eigenvalue weighted by Crippen LogP contribution is -2.42. The predicted molar refractivity (Wildman–Crippen MR) is 92.7 cm³/mol. The molecule has 6 nitrogen and oxygen atoms in total. The highest BCUT2D eigenvalue weighted by molar-refractivity contribution is 5.40. The molecular weight excluding hydrogens is 300 g/mol. The summed E-state index contributed by atoms with van der Waals surface area (Å²) in [6.45, 7) is 6.05. The predicted octanol–water partition coefficient (Wildman–Crippen LogP) is 1.10. The average Bonchev–Trinajstić information content (AvgIpc) is 3.21. The quantitative estimate of drug-likeness (QED) is 0.780. The third-order valence-corrected chi connectivity index (χ3v) is 5.78. The molecule has 0 radical (unpaired) electrons. The second kappa shape index (κ2) is 7.88. The Kier molecular flexibility index (Phi) is 5.60. The molecule has 0 saturated carbocycles. The zero-order chi connectivity index (χ0) is 16.9. The van der Waals surface area contributed by atoms with Crippen molar-refractivity contribution in [3.05, 3.63) is 11.4 Å². The molecule has 1 N–H and O–H groups in total. The average molecular weight is 328 g/mol. The van der Waals surface area contributed by atoms with E-state index in [9.17, 15) is 10.5 Å². The first-order chi connectivity index (χ1) is 11.7. The largest absolute Gasteiger partial charge is 0.355 e. The maximum absolute atomic E-state index is 9.44. The molecule has 3 aliphatic heterocycles. The molecule has 1 unspecified atom stereocenters. The van der Waals surface area contributed by atoms with Crippen LogP contribution in [0.25, 0.3) is 0 Å². The summed E-state index contributed by atoms with van der Waals surface area (Å²) in [5.41, 5.74) is 0.283. The molecular formula is C18H28N6. The highest BCUT2D eigenvalue weighted by atomic mass is 15.4. The maximum Gasteiger partial charge on any atom is 0.169 e. The molecule has 3 rings (SSSR count). The van der Waals surface area contributed by atoms with Crippen molar-refractivity contribution in [2.24, 2.45) is 0 Å². The second-order valence-electron chi connectivity index (χ2n) is 7.15. The molecule has 0 amide bonds. The van der Waals surface area contributed by atoms with Gasteiger partial charge in [0.25, 0.3) is 0 Å². The fourth-order valence-electron chi connectivity index (χ4n) is 4.39. The van der Waals surface area contributed by atoms with E-state index in [1.54, 1.807) is 0 Å². The lowest BCUT2D eigenvalue weighted by atomic mass is 10.0. The smallest absolute Gasteiger partial charge is 0.169 e. The van der Waals surface area contributed by atoms with Gasteiger partial charge in [-0.2, -0.15) is 10.5 Å². The van der Waals surface area contributed by atoms with Gasteiger partial charge in [-0.15, -0.1) is 0 Å². The Labute approximate surface area is 145 Å². The molecule has 3 saturated heterocycles. The van der Waals surface area contributed by atoms with Gasteiger partial charge >= 0.3 is 0 Å². The molecule has 3 fully saturated rings. The van der Waals surface area contributed by atoms with Crippen molar-refractivity contribution in [2.45, 2.75) is 44.2 Å². The number of nitrogens with zero attached hydrogens (tertiary/aromatic N) is 5. The van der Waals surface area contributed by atoms with E-state index < -0.39 is 0 Å². The van der Waals surface area contributed by atoms with Crippen LogP contribution in [0.3, 0.4) is 0 Å². The number of hydrogen-bond donors (Lipinski definition) is 1. The molecule has 0 bridgehead atoms. The van der Waals surface area contributed by atoms with Crippen LogP contribution in [0.5, 0.6) is 0 Å². The van der Waals surface area contributed by atoms with Gasteiger partial charge < -0.3 is 20.0 Å². The molecule has 0 aromatic carbocycles. The van der Waals surface area contributed by atoms with Crippen LogP contribution >= 0.6 is 0 Å². The summed E-state index contributed by atoms with van der Waals surface area (Å²) in [7, 11) is 2.20. The Morgan fingerprint density at radius 3 is 2.50 bits per heavy atom. The van der Waals surface area contributed by atoms with E-state index in [2.05, 4.69) is 39.2 Å². The van der Waals surface area contributed by atoms with Gasteiger partial charge in [0.2, 0.25) is 0 Å². The van der Waals surface area contributed by atoms with Gasteiger partial charge in [-0.1, -0.05) is 0 Å². The van der Waals surface area contributed by atoms with Crippen LogP contribution in [0.1, 0.15) is 32.1 Å². The molecule has 130 valence electrons. The highest BCUT2D eigenvalue weighted by Gasteiger charge is 2.34. The van der Waals surface area contributed by atoms with Gasteiger partial charge in [-0.25, -0.2) is 0 Å². The van der Waals surface area contributed by atoms with Crippen molar-refractivity contribution in [1.82, 2.24) is 20.0 Å². The number of rotatable bonds is 4. The third kappa shape index (κ3) is 3.50. The van der Waals surface area contributed by atoms with E-state index in [1.165, 1.54) is 19.4 Å². The van der Waals surface area contributed by atoms with Gasteiger partial charge in [0.1, 0.15) is 18.0 Å². The van der Waals surface area contributed by atoms with Crippen molar-refractivity contribution in [1.29, 1.82) is 10.5 Å². The van der Waals surface area contributed by atoms with Gasteiger partial charge in [0.05, 0.1) is 0 Å².